The van der Waals surface area contributed by atoms with Crippen molar-refractivity contribution in [3.63, 3.8) is 0 Å². The van der Waals surface area contributed by atoms with E-state index in [1.54, 1.807) is 12.1 Å². The molecule has 106 valence electrons. The zero-order valence-electron chi connectivity index (χ0n) is 11.8. The van der Waals surface area contributed by atoms with Gasteiger partial charge in [0.25, 0.3) is 0 Å². The van der Waals surface area contributed by atoms with Crippen LogP contribution in [0.2, 0.25) is 0 Å². The second kappa shape index (κ2) is 5.27. The van der Waals surface area contributed by atoms with Gasteiger partial charge in [-0.25, -0.2) is 9.78 Å². The van der Waals surface area contributed by atoms with Crippen LogP contribution in [0.3, 0.4) is 0 Å². The number of benzene rings is 1. The molecule has 1 aromatic carbocycles. The lowest BCUT2D eigenvalue weighted by Crippen LogP contribution is -2.15. The van der Waals surface area contributed by atoms with Crippen LogP contribution < -0.4 is 0 Å². The first kappa shape index (κ1) is 13.2. The summed E-state index contributed by atoms with van der Waals surface area (Å²) in [6, 6.07) is 5.82. The maximum atomic E-state index is 11.1. The number of hydrogen-bond donors (Lipinski definition) is 1. The smallest absolute Gasteiger partial charge is 0.335 e. The summed E-state index contributed by atoms with van der Waals surface area (Å²) in [5.41, 5.74) is 2.21. The molecule has 1 aliphatic rings. The van der Waals surface area contributed by atoms with Crippen molar-refractivity contribution >= 4 is 17.0 Å². The molecule has 0 unspecified atom stereocenters. The summed E-state index contributed by atoms with van der Waals surface area (Å²) in [6.45, 7) is 2.11. The molecule has 1 N–H and O–H groups in total. The lowest BCUT2D eigenvalue weighted by Gasteiger charge is -2.25. The first-order valence-corrected chi connectivity index (χ1v) is 7.45. The Balaban J connectivity index is 2.11. The van der Waals surface area contributed by atoms with Crippen molar-refractivity contribution in [2.75, 3.05) is 0 Å². The highest BCUT2D eigenvalue weighted by Gasteiger charge is 2.21. The van der Waals surface area contributed by atoms with Crippen molar-refractivity contribution in [2.24, 2.45) is 0 Å². The summed E-state index contributed by atoms with van der Waals surface area (Å²) in [4.78, 5) is 15.7. The number of fused-ring (bicyclic) bond motifs is 1. The highest BCUT2D eigenvalue weighted by atomic mass is 16.4. The van der Waals surface area contributed by atoms with E-state index in [2.05, 4.69) is 16.5 Å². The van der Waals surface area contributed by atoms with Gasteiger partial charge in [-0.3, -0.25) is 0 Å². The fraction of sp³-hybridized carbons (Fsp3) is 0.500. The average Bonchev–Trinajstić information content (AvgIpc) is 2.85. The zero-order chi connectivity index (χ0) is 14.1. The van der Waals surface area contributed by atoms with E-state index in [0.29, 0.717) is 11.6 Å². The molecule has 3 rings (SSSR count). The first-order chi connectivity index (χ1) is 9.70. The number of aryl methyl sites for hydroxylation is 1. The zero-order valence-corrected chi connectivity index (χ0v) is 11.8. The van der Waals surface area contributed by atoms with E-state index in [9.17, 15) is 4.79 Å². The molecule has 4 nitrogen and oxygen atoms in total. The molecular weight excluding hydrogens is 252 g/mol. The molecule has 0 saturated heterocycles. The SMILES string of the molecule is CCc1nc2cc(C(=O)O)ccc2n1C1CCCCC1. The van der Waals surface area contributed by atoms with E-state index in [-0.39, 0.29) is 0 Å². The van der Waals surface area contributed by atoms with Gasteiger partial charge in [-0.15, -0.1) is 0 Å². The molecule has 0 atom stereocenters. The normalized spacial score (nSPS) is 16.6. The quantitative estimate of drug-likeness (QED) is 0.924. The Bertz CT molecular complexity index is 639. The second-order valence-corrected chi connectivity index (χ2v) is 5.55. The molecule has 0 amide bonds. The van der Waals surface area contributed by atoms with Gasteiger partial charge in [0.2, 0.25) is 0 Å². The molecule has 2 aromatic rings. The Morgan fingerprint density at radius 1 is 1.35 bits per heavy atom. The highest BCUT2D eigenvalue weighted by molar-refractivity contribution is 5.92. The standard InChI is InChI=1S/C16H20N2O2/c1-2-15-17-13-10-11(16(19)20)8-9-14(13)18(15)12-6-4-3-5-7-12/h8-10,12H,2-7H2,1H3,(H,19,20). The maximum Gasteiger partial charge on any atom is 0.335 e. The van der Waals surface area contributed by atoms with E-state index >= 15 is 0 Å². The molecule has 1 aliphatic carbocycles. The third kappa shape index (κ3) is 2.19. The van der Waals surface area contributed by atoms with Gasteiger partial charge in [-0.1, -0.05) is 26.2 Å². The fourth-order valence-electron chi connectivity index (χ4n) is 3.28. The van der Waals surface area contributed by atoms with Crippen molar-refractivity contribution < 1.29 is 9.90 Å². The van der Waals surface area contributed by atoms with Gasteiger partial charge in [-0.05, 0) is 31.0 Å². The number of aromatic nitrogens is 2. The fourth-order valence-corrected chi connectivity index (χ4v) is 3.28. The minimum Gasteiger partial charge on any atom is -0.478 e. The molecule has 0 aliphatic heterocycles. The Morgan fingerprint density at radius 3 is 2.75 bits per heavy atom. The molecule has 1 saturated carbocycles. The number of aromatic carboxylic acids is 1. The van der Waals surface area contributed by atoms with Crippen LogP contribution in [0.5, 0.6) is 0 Å². The minimum atomic E-state index is -0.892. The van der Waals surface area contributed by atoms with Crippen LogP contribution in [0.25, 0.3) is 11.0 Å². The van der Waals surface area contributed by atoms with Gasteiger partial charge in [0.1, 0.15) is 5.82 Å². The largest absolute Gasteiger partial charge is 0.478 e. The summed E-state index contributed by atoms with van der Waals surface area (Å²) in [5.74, 6) is 0.187. The number of carboxylic acid groups (broad SMARTS) is 1. The number of carbonyl (C=O) groups is 1. The molecule has 0 spiro atoms. The average molecular weight is 272 g/mol. The summed E-state index contributed by atoms with van der Waals surface area (Å²) < 4.78 is 2.35. The number of rotatable bonds is 3. The molecular formula is C16H20N2O2. The lowest BCUT2D eigenvalue weighted by molar-refractivity contribution is 0.0697. The summed E-state index contributed by atoms with van der Waals surface area (Å²) in [7, 11) is 0. The van der Waals surface area contributed by atoms with E-state index in [0.717, 1.165) is 23.3 Å². The van der Waals surface area contributed by atoms with Crippen molar-refractivity contribution in [2.45, 2.75) is 51.5 Å². The molecule has 1 fully saturated rings. The van der Waals surface area contributed by atoms with Gasteiger partial charge in [-0.2, -0.15) is 0 Å². The maximum absolute atomic E-state index is 11.1. The molecule has 1 heterocycles. The Kier molecular flexibility index (Phi) is 3.47. The molecule has 4 heteroatoms. The van der Waals surface area contributed by atoms with Crippen molar-refractivity contribution in [1.29, 1.82) is 0 Å². The lowest BCUT2D eigenvalue weighted by atomic mass is 9.95. The predicted octanol–water partition coefficient (Wildman–Crippen LogP) is 3.80. The van der Waals surface area contributed by atoms with E-state index in [1.165, 1.54) is 32.1 Å². The van der Waals surface area contributed by atoms with Crippen LogP contribution in [-0.2, 0) is 6.42 Å². The van der Waals surface area contributed by atoms with Gasteiger partial charge >= 0.3 is 5.97 Å². The van der Waals surface area contributed by atoms with Crippen LogP contribution in [0.15, 0.2) is 18.2 Å². The molecule has 20 heavy (non-hydrogen) atoms. The second-order valence-electron chi connectivity index (χ2n) is 5.55. The van der Waals surface area contributed by atoms with Crippen molar-refractivity contribution in [3.05, 3.63) is 29.6 Å². The summed E-state index contributed by atoms with van der Waals surface area (Å²) in [6.07, 6.45) is 7.18. The van der Waals surface area contributed by atoms with Gasteiger partial charge in [0.05, 0.1) is 16.6 Å². The number of nitrogens with zero attached hydrogens (tertiary/aromatic N) is 2. The van der Waals surface area contributed by atoms with Crippen LogP contribution in [0.4, 0.5) is 0 Å². The number of hydrogen-bond acceptors (Lipinski definition) is 2. The third-order valence-corrected chi connectivity index (χ3v) is 4.27. The van der Waals surface area contributed by atoms with Gasteiger partial charge < -0.3 is 9.67 Å². The number of imidazole rings is 1. The van der Waals surface area contributed by atoms with Crippen molar-refractivity contribution in [3.8, 4) is 0 Å². The molecule has 1 aromatic heterocycles. The van der Waals surface area contributed by atoms with Crippen molar-refractivity contribution in [1.82, 2.24) is 9.55 Å². The van der Waals surface area contributed by atoms with E-state index < -0.39 is 5.97 Å². The Morgan fingerprint density at radius 2 is 2.10 bits per heavy atom. The van der Waals surface area contributed by atoms with Crippen LogP contribution in [0.1, 0.15) is 61.3 Å². The van der Waals surface area contributed by atoms with E-state index in [1.807, 2.05) is 6.07 Å². The summed E-state index contributed by atoms with van der Waals surface area (Å²) in [5, 5.41) is 9.09. The number of carboxylic acids is 1. The van der Waals surface area contributed by atoms with Crippen LogP contribution in [-0.4, -0.2) is 20.6 Å². The molecule has 0 bridgehead atoms. The minimum absolute atomic E-state index is 0.313. The van der Waals surface area contributed by atoms with E-state index in [4.69, 9.17) is 5.11 Å². The first-order valence-electron chi connectivity index (χ1n) is 7.45. The topological polar surface area (TPSA) is 55.1 Å². The molecule has 0 radical (unpaired) electrons. The van der Waals surface area contributed by atoms with Gasteiger partial charge in [0, 0.05) is 12.5 Å². The highest BCUT2D eigenvalue weighted by Crippen LogP contribution is 2.32. The van der Waals surface area contributed by atoms with Crippen LogP contribution >= 0.6 is 0 Å². The van der Waals surface area contributed by atoms with Crippen LogP contribution in [0, 0.1) is 0 Å². The van der Waals surface area contributed by atoms with Gasteiger partial charge in [0.15, 0.2) is 0 Å². The monoisotopic (exact) mass is 272 g/mol. The predicted molar refractivity (Wildman–Crippen MR) is 78.2 cm³/mol. The Hall–Kier alpha value is -1.84. The Labute approximate surface area is 118 Å². The summed E-state index contributed by atoms with van der Waals surface area (Å²) >= 11 is 0. The third-order valence-electron chi connectivity index (χ3n) is 4.27.